The first-order valence-corrected chi connectivity index (χ1v) is 10.7. The average Bonchev–Trinajstić information content (AvgIpc) is 2.95. The third-order valence-electron chi connectivity index (χ3n) is 4.40. The summed E-state index contributed by atoms with van der Waals surface area (Å²) in [5.41, 5.74) is 1.75. The minimum atomic E-state index is -0.427. The van der Waals surface area contributed by atoms with Crippen LogP contribution in [0.15, 0.2) is 40.9 Å². The van der Waals surface area contributed by atoms with Crippen LogP contribution in [0.4, 0.5) is 4.79 Å². The molecule has 0 saturated carbocycles. The Morgan fingerprint density at radius 1 is 1.18 bits per heavy atom. The van der Waals surface area contributed by atoms with Gasteiger partial charge in [-0.15, -0.1) is 0 Å². The molecule has 2 aromatic rings. The van der Waals surface area contributed by atoms with Crippen molar-refractivity contribution in [1.82, 2.24) is 4.90 Å². The second kappa shape index (κ2) is 9.20. The molecule has 0 unspecified atom stereocenters. The van der Waals surface area contributed by atoms with Gasteiger partial charge in [-0.2, -0.15) is 0 Å². The van der Waals surface area contributed by atoms with E-state index < -0.39 is 5.25 Å². The van der Waals surface area contributed by atoms with Crippen molar-refractivity contribution < 1.29 is 19.1 Å². The van der Waals surface area contributed by atoms with E-state index in [1.807, 2.05) is 36.4 Å². The third kappa shape index (κ3) is 4.47. The molecule has 0 aromatic heterocycles. The van der Waals surface area contributed by atoms with Crippen molar-refractivity contribution in [3.8, 4) is 11.5 Å². The van der Waals surface area contributed by atoms with E-state index in [0.717, 1.165) is 27.4 Å². The first-order chi connectivity index (χ1) is 13.4. The van der Waals surface area contributed by atoms with Gasteiger partial charge in [-0.05, 0) is 37.1 Å². The van der Waals surface area contributed by atoms with E-state index in [1.54, 1.807) is 14.0 Å². The van der Waals surface area contributed by atoms with Crippen LogP contribution in [0.1, 0.15) is 18.1 Å². The fourth-order valence-corrected chi connectivity index (χ4v) is 4.65. The third-order valence-corrected chi connectivity index (χ3v) is 6.58. The van der Waals surface area contributed by atoms with Crippen LogP contribution < -0.4 is 9.47 Å². The Labute approximate surface area is 181 Å². The summed E-state index contributed by atoms with van der Waals surface area (Å²) < 4.78 is 12.2. The van der Waals surface area contributed by atoms with Crippen LogP contribution in [-0.4, -0.2) is 35.0 Å². The van der Waals surface area contributed by atoms with Gasteiger partial charge in [-0.25, -0.2) is 0 Å². The maximum atomic E-state index is 12.4. The second-order valence-electron chi connectivity index (χ2n) is 6.13. The summed E-state index contributed by atoms with van der Waals surface area (Å²) in [6, 6.07) is 11.1. The van der Waals surface area contributed by atoms with Gasteiger partial charge in [0.1, 0.15) is 6.61 Å². The number of amides is 2. The standard InChI is InChI=1S/C20H19BrClNO4S/c1-3-23-19(24)18(28-20(23)25)9-13-8-16(26-2)17(10-14(13)21)27-11-12-6-4-5-7-15(12)22/h4-8,10,18H,3,9,11H2,1-2H3/t18-/m1/s1. The normalized spacial score (nSPS) is 16.6. The predicted octanol–water partition coefficient (Wildman–Crippen LogP) is 5.32. The number of rotatable bonds is 7. The van der Waals surface area contributed by atoms with Gasteiger partial charge in [0.25, 0.3) is 5.24 Å². The zero-order valence-corrected chi connectivity index (χ0v) is 18.6. The highest BCUT2D eigenvalue weighted by atomic mass is 79.9. The van der Waals surface area contributed by atoms with Crippen molar-refractivity contribution in [2.45, 2.75) is 25.2 Å². The molecule has 1 aliphatic rings. The Balaban J connectivity index is 1.77. The minimum Gasteiger partial charge on any atom is -0.493 e. The van der Waals surface area contributed by atoms with Crippen molar-refractivity contribution in [1.29, 1.82) is 0 Å². The topological polar surface area (TPSA) is 55.8 Å². The van der Waals surface area contributed by atoms with Gasteiger partial charge < -0.3 is 9.47 Å². The number of carbonyl (C=O) groups is 2. The van der Waals surface area contributed by atoms with Gasteiger partial charge in [0, 0.05) is 21.6 Å². The fourth-order valence-electron chi connectivity index (χ4n) is 2.89. The molecule has 1 saturated heterocycles. The monoisotopic (exact) mass is 483 g/mol. The van der Waals surface area contributed by atoms with Crippen molar-refractivity contribution in [2.24, 2.45) is 0 Å². The summed E-state index contributed by atoms with van der Waals surface area (Å²) in [6.07, 6.45) is 0.424. The molecule has 1 heterocycles. The molecule has 148 valence electrons. The first-order valence-electron chi connectivity index (χ1n) is 8.69. The van der Waals surface area contributed by atoms with Crippen molar-refractivity contribution >= 4 is 50.4 Å². The van der Waals surface area contributed by atoms with E-state index >= 15 is 0 Å². The number of imide groups is 1. The summed E-state index contributed by atoms with van der Waals surface area (Å²) in [5, 5.41) is 0.0164. The first kappa shape index (κ1) is 21.0. The van der Waals surface area contributed by atoms with Crippen molar-refractivity contribution in [2.75, 3.05) is 13.7 Å². The van der Waals surface area contributed by atoms with E-state index in [-0.39, 0.29) is 11.1 Å². The molecule has 0 radical (unpaired) electrons. The van der Waals surface area contributed by atoms with Crippen molar-refractivity contribution in [3.63, 3.8) is 0 Å². The van der Waals surface area contributed by atoms with E-state index in [9.17, 15) is 9.59 Å². The fraction of sp³-hybridized carbons (Fsp3) is 0.300. The maximum Gasteiger partial charge on any atom is 0.289 e. The second-order valence-corrected chi connectivity index (χ2v) is 8.55. The molecule has 1 atom stereocenters. The molecule has 0 aliphatic carbocycles. The number of hydrogen-bond acceptors (Lipinski definition) is 5. The average molecular weight is 485 g/mol. The highest BCUT2D eigenvalue weighted by Gasteiger charge is 2.38. The number of halogens is 2. The highest BCUT2D eigenvalue weighted by Crippen LogP contribution is 2.37. The molecule has 5 nitrogen and oxygen atoms in total. The molecular formula is C20H19BrClNO4S. The number of carbonyl (C=O) groups excluding carboxylic acids is 2. The summed E-state index contributed by atoms with van der Waals surface area (Å²) in [7, 11) is 1.56. The molecule has 2 aromatic carbocycles. The molecule has 0 bridgehead atoms. The number of methoxy groups -OCH3 is 1. The van der Waals surface area contributed by atoms with E-state index in [4.69, 9.17) is 21.1 Å². The molecule has 3 rings (SSSR count). The Kier molecular flexibility index (Phi) is 6.91. The van der Waals surface area contributed by atoms with Gasteiger partial charge >= 0.3 is 0 Å². The summed E-state index contributed by atoms with van der Waals surface area (Å²) in [6.45, 7) is 2.49. The summed E-state index contributed by atoms with van der Waals surface area (Å²) in [5.74, 6) is 0.969. The van der Waals surface area contributed by atoms with E-state index in [0.29, 0.717) is 36.1 Å². The number of ether oxygens (including phenoxy) is 2. The number of nitrogens with zero attached hydrogens (tertiary/aromatic N) is 1. The Morgan fingerprint density at radius 2 is 1.93 bits per heavy atom. The molecule has 2 amide bonds. The SMILES string of the molecule is CCN1C(=O)S[C@H](Cc2cc(OC)c(OCc3ccccc3Cl)cc2Br)C1=O. The van der Waals surface area contributed by atoms with Crippen LogP contribution in [0.2, 0.25) is 5.02 Å². The quantitative estimate of drug-likeness (QED) is 0.532. The largest absolute Gasteiger partial charge is 0.493 e. The number of thioether (sulfide) groups is 1. The lowest BCUT2D eigenvalue weighted by Gasteiger charge is -2.16. The van der Waals surface area contributed by atoms with Crippen LogP contribution >= 0.6 is 39.3 Å². The summed E-state index contributed by atoms with van der Waals surface area (Å²) >= 11 is 10.8. The predicted molar refractivity (Wildman–Crippen MR) is 114 cm³/mol. The van der Waals surface area contributed by atoms with Crippen LogP contribution in [0.5, 0.6) is 11.5 Å². The maximum absolute atomic E-state index is 12.4. The molecule has 0 N–H and O–H groups in total. The van der Waals surface area contributed by atoms with Crippen molar-refractivity contribution in [3.05, 3.63) is 57.0 Å². The lowest BCUT2D eigenvalue weighted by atomic mass is 10.1. The van der Waals surface area contributed by atoms with Gasteiger partial charge in [0.2, 0.25) is 5.91 Å². The lowest BCUT2D eigenvalue weighted by molar-refractivity contribution is -0.126. The zero-order chi connectivity index (χ0) is 20.3. The van der Waals surface area contributed by atoms with E-state index in [1.165, 1.54) is 4.90 Å². The van der Waals surface area contributed by atoms with Crippen LogP contribution in [0.3, 0.4) is 0 Å². The lowest BCUT2D eigenvalue weighted by Crippen LogP contribution is -2.31. The molecule has 28 heavy (non-hydrogen) atoms. The van der Waals surface area contributed by atoms with Gasteiger partial charge in [0.15, 0.2) is 11.5 Å². The zero-order valence-electron chi connectivity index (χ0n) is 15.4. The van der Waals surface area contributed by atoms with Gasteiger partial charge in [0.05, 0.1) is 12.4 Å². The molecule has 1 aliphatic heterocycles. The molecule has 0 spiro atoms. The molecule has 8 heteroatoms. The van der Waals surface area contributed by atoms with E-state index in [2.05, 4.69) is 15.9 Å². The highest BCUT2D eigenvalue weighted by molar-refractivity contribution is 9.10. The van der Waals surface area contributed by atoms with Gasteiger partial charge in [-0.3, -0.25) is 14.5 Å². The molecule has 1 fully saturated rings. The Bertz CT molecular complexity index is 908. The Morgan fingerprint density at radius 3 is 2.57 bits per heavy atom. The number of hydrogen-bond donors (Lipinski definition) is 0. The Hall–Kier alpha value is -1.70. The van der Waals surface area contributed by atoms with Crippen LogP contribution in [0.25, 0.3) is 0 Å². The minimum absolute atomic E-state index is 0.151. The van der Waals surface area contributed by atoms with Crippen LogP contribution in [-0.2, 0) is 17.8 Å². The summed E-state index contributed by atoms with van der Waals surface area (Å²) in [4.78, 5) is 25.6. The van der Waals surface area contributed by atoms with Gasteiger partial charge in [-0.1, -0.05) is 57.5 Å². The molecular weight excluding hydrogens is 466 g/mol. The van der Waals surface area contributed by atoms with Crippen LogP contribution in [0, 0.1) is 0 Å². The smallest absolute Gasteiger partial charge is 0.289 e. The number of benzene rings is 2.